The molecule has 0 bridgehead atoms. The standard InChI is InChI=1S/C21H15ClFNO2/c22-16-10-11-20(26-18-7-2-1-3-8-18)19(14-16)24-21(25)12-9-15-5-4-6-17(23)13-15/h1-14H,(H,24,25)/b12-9+. The van der Waals surface area contributed by atoms with E-state index in [1.54, 1.807) is 30.3 Å². The summed E-state index contributed by atoms with van der Waals surface area (Å²) in [4.78, 5) is 12.2. The zero-order valence-corrected chi connectivity index (χ0v) is 14.4. The topological polar surface area (TPSA) is 38.3 Å². The van der Waals surface area contributed by atoms with Gasteiger partial charge in [0.25, 0.3) is 0 Å². The van der Waals surface area contributed by atoms with E-state index in [9.17, 15) is 9.18 Å². The summed E-state index contributed by atoms with van der Waals surface area (Å²) < 4.78 is 19.0. The quantitative estimate of drug-likeness (QED) is 0.568. The molecule has 0 spiro atoms. The van der Waals surface area contributed by atoms with E-state index in [4.69, 9.17) is 16.3 Å². The van der Waals surface area contributed by atoms with Gasteiger partial charge in [0.1, 0.15) is 11.6 Å². The number of hydrogen-bond donors (Lipinski definition) is 1. The highest BCUT2D eigenvalue weighted by molar-refractivity contribution is 6.31. The maximum absolute atomic E-state index is 13.2. The van der Waals surface area contributed by atoms with Crippen molar-refractivity contribution in [3.63, 3.8) is 0 Å². The maximum Gasteiger partial charge on any atom is 0.248 e. The Morgan fingerprint density at radius 1 is 1.00 bits per heavy atom. The minimum atomic E-state index is -0.380. The van der Waals surface area contributed by atoms with Crippen molar-refractivity contribution >= 4 is 29.3 Å². The van der Waals surface area contributed by atoms with Gasteiger partial charge in [-0.25, -0.2) is 4.39 Å². The van der Waals surface area contributed by atoms with Crippen LogP contribution in [0.1, 0.15) is 5.56 Å². The Hall–Kier alpha value is -3.11. The van der Waals surface area contributed by atoms with Crippen LogP contribution in [0.2, 0.25) is 5.02 Å². The van der Waals surface area contributed by atoms with Gasteiger partial charge >= 0.3 is 0 Å². The van der Waals surface area contributed by atoms with E-state index in [1.807, 2.05) is 30.3 Å². The molecule has 0 unspecified atom stereocenters. The fraction of sp³-hybridized carbons (Fsp3) is 0. The van der Waals surface area contributed by atoms with Gasteiger partial charge in [-0.05, 0) is 54.1 Å². The molecule has 0 atom stereocenters. The zero-order chi connectivity index (χ0) is 18.4. The fourth-order valence-electron chi connectivity index (χ4n) is 2.26. The molecule has 0 fully saturated rings. The molecule has 26 heavy (non-hydrogen) atoms. The lowest BCUT2D eigenvalue weighted by Crippen LogP contribution is -2.08. The molecule has 3 rings (SSSR count). The molecular weight excluding hydrogens is 353 g/mol. The van der Waals surface area contributed by atoms with E-state index in [1.165, 1.54) is 24.3 Å². The van der Waals surface area contributed by atoms with Crippen LogP contribution in [0.3, 0.4) is 0 Å². The van der Waals surface area contributed by atoms with E-state index in [0.29, 0.717) is 27.8 Å². The second-order valence-corrected chi connectivity index (χ2v) is 5.87. The second kappa shape index (κ2) is 8.32. The Labute approximate surface area is 155 Å². The number of benzene rings is 3. The van der Waals surface area contributed by atoms with Gasteiger partial charge in [-0.2, -0.15) is 0 Å². The number of ether oxygens (including phenoxy) is 1. The minimum Gasteiger partial charge on any atom is -0.455 e. The molecular formula is C21H15ClFNO2. The molecule has 130 valence electrons. The van der Waals surface area contributed by atoms with Crippen molar-refractivity contribution in [2.24, 2.45) is 0 Å². The average molecular weight is 368 g/mol. The van der Waals surface area contributed by atoms with Crippen molar-refractivity contribution < 1.29 is 13.9 Å². The van der Waals surface area contributed by atoms with Crippen LogP contribution in [0.4, 0.5) is 10.1 Å². The number of amides is 1. The Balaban J connectivity index is 1.76. The van der Waals surface area contributed by atoms with Gasteiger partial charge in [0.15, 0.2) is 5.75 Å². The molecule has 0 saturated heterocycles. The SMILES string of the molecule is O=C(/C=C/c1cccc(F)c1)Nc1cc(Cl)ccc1Oc1ccccc1. The minimum absolute atomic E-state index is 0.360. The summed E-state index contributed by atoms with van der Waals surface area (Å²) in [6.07, 6.45) is 2.85. The van der Waals surface area contributed by atoms with Gasteiger partial charge in [0.2, 0.25) is 5.91 Å². The van der Waals surface area contributed by atoms with Crippen LogP contribution in [0.15, 0.2) is 78.9 Å². The smallest absolute Gasteiger partial charge is 0.248 e. The van der Waals surface area contributed by atoms with E-state index in [2.05, 4.69) is 5.32 Å². The van der Waals surface area contributed by atoms with Gasteiger partial charge in [-0.3, -0.25) is 4.79 Å². The molecule has 0 aliphatic carbocycles. The van der Waals surface area contributed by atoms with Crippen LogP contribution in [0, 0.1) is 5.82 Å². The number of carbonyl (C=O) groups excluding carboxylic acids is 1. The molecule has 1 N–H and O–H groups in total. The molecule has 5 heteroatoms. The molecule has 3 nitrogen and oxygen atoms in total. The van der Waals surface area contributed by atoms with Crippen LogP contribution in [0.25, 0.3) is 6.08 Å². The lowest BCUT2D eigenvalue weighted by atomic mass is 10.2. The van der Waals surface area contributed by atoms with Gasteiger partial charge in [0, 0.05) is 11.1 Å². The van der Waals surface area contributed by atoms with E-state index < -0.39 is 0 Å². The number of nitrogens with one attached hydrogen (secondary N) is 1. The van der Waals surface area contributed by atoms with Crippen LogP contribution in [-0.4, -0.2) is 5.91 Å². The molecule has 0 aliphatic heterocycles. The third-order valence-corrected chi connectivity index (χ3v) is 3.68. The maximum atomic E-state index is 13.2. The lowest BCUT2D eigenvalue weighted by Gasteiger charge is -2.12. The van der Waals surface area contributed by atoms with Gasteiger partial charge in [0.05, 0.1) is 5.69 Å². The molecule has 0 saturated carbocycles. The van der Waals surface area contributed by atoms with Crippen molar-refractivity contribution in [3.05, 3.63) is 95.3 Å². The van der Waals surface area contributed by atoms with Crippen LogP contribution in [-0.2, 0) is 4.79 Å². The van der Waals surface area contributed by atoms with Crippen molar-refractivity contribution in [2.45, 2.75) is 0 Å². The molecule has 0 aromatic heterocycles. The summed E-state index contributed by atoms with van der Waals surface area (Å²) in [6.45, 7) is 0. The molecule has 0 radical (unpaired) electrons. The first-order valence-electron chi connectivity index (χ1n) is 7.87. The van der Waals surface area contributed by atoms with Gasteiger partial charge < -0.3 is 10.1 Å². The molecule has 3 aromatic carbocycles. The number of hydrogen-bond acceptors (Lipinski definition) is 2. The Morgan fingerprint density at radius 2 is 1.81 bits per heavy atom. The molecule has 3 aromatic rings. The third-order valence-electron chi connectivity index (χ3n) is 3.45. The molecule has 0 heterocycles. The summed E-state index contributed by atoms with van der Waals surface area (Å²) >= 11 is 6.03. The van der Waals surface area contributed by atoms with Crippen LogP contribution < -0.4 is 10.1 Å². The molecule has 0 aliphatic rings. The second-order valence-electron chi connectivity index (χ2n) is 5.43. The number of rotatable bonds is 5. The first-order valence-corrected chi connectivity index (χ1v) is 8.25. The predicted octanol–water partition coefficient (Wildman–Crippen LogP) is 5.92. The van der Waals surface area contributed by atoms with Crippen molar-refractivity contribution in [1.82, 2.24) is 0 Å². The Kier molecular flexibility index (Phi) is 5.66. The summed E-state index contributed by atoms with van der Waals surface area (Å²) in [5.74, 6) is 0.365. The van der Waals surface area contributed by atoms with Crippen molar-refractivity contribution in [2.75, 3.05) is 5.32 Å². The Morgan fingerprint density at radius 3 is 2.58 bits per heavy atom. The third kappa shape index (κ3) is 4.94. The van der Waals surface area contributed by atoms with Gasteiger partial charge in [-0.15, -0.1) is 0 Å². The Bertz CT molecular complexity index is 942. The summed E-state index contributed by atoms with van der Waals surface area (Å²) in [5.41, 5.74) is 1.03. The number of para-hydroxylation sites is 1. The highest BCUT2D eigenvalue weighted by Gasteiger charge is 2.08. The van der Waals surface area contributed by atoms with Gasteiger partial charge in [-0.1, -0.05) is 41.9 Å². The first kappa shape index (κ1) is 17.7. The highest BCUT2D eigenvalue weighted by Crippen LogP contribution is 2.32. The number of halogens is 2. The highest BCUT2D eigenvalue weighted by atomic mass is 35.5. The van der Waals surface area contributed by atoms with E-state index in [-0.39, 0.29) is 11.7 Å². The average Bonchev–Trinajstić information content (AvgIpc) is 2.63. The number of anilines is 1. The monoisotopic (exact) mass is 367 g/mol. The summed E-state index contributed by atoms with van der Waals surface area (Å²) in [6, 6.07) is 20.1. The molecule has 1 amide bonds. The number of carbonyl (C=O) groups is 1. The largest absolute Gasteiger partial charge is 0.455 e. The van der Waals surface area contributed by atoms with Crippen molar-refractivity contribution in [1.29, 1.82) is 0 Å². The summed E-state index contributed by atoms with van der Waals surface area (Å²) in [5, 5.41) is 3.19. The normalized spacial score (nSPS) is 10.7. The first-order chi connectivity index (χ1) is 12.6. The predicted molar refractivity (Wildman–Crippen MR) is 102 cm³/mol. The fourth-order valence-corrected chi connectivity index (χ4v) is 2.43. The van der Waals surface area contributed by atoms with Crippen LogP contribution >= 0.6 is 11.6 Å². The summed E-state index contributed by atoms with van der Waals surface area (Å²) in [7, 11) is 0. The van der Waals surface area contributed by atoms with Crippen molar-refractivity contribution in [3.8, 4) is 11.5 Å². The zero-order valence-electron chi connectivity index (χ0n) is 13.7. The lowest BCUT2D eigenvalue weighted by molar-refractivity contribution is -0.111. The van der Waals surface area contributed by atoms with Crippen LogP contribution in [0.5, 0.6) is 11.5 Å². The van der Waals surface area contributed by atoms with E-state index >= 15 is 0 Å². The van der Waals surface area contributed by atoms with E-state index in [0.717, 1.165) is 0 Å².